The molecule has 1 aromatic heterocycles. The molecule has 1 N–H and O–H groups in total. The highest BCUT2D eigenvalue weighted by molar-refractivity contribution is 7.94. The van der Waals surface area contributed by atoms with Gasteiger partial charge in [0.15, 0.2) is 4.77 Å². The fraction of sp³-hybridized carbons (Fsp3) is 0.0870. The minimum Gasteiger partial charge on any atom is -0.330 e. The van der Waals surface area contributed by atoms with Gasteiger partial charge in [0, 0.05) is 6.20 Å². The van der Waals surface area contributed by atoms with Crippen LogP contribution in [0.4, 0.5) is 0 Å². The molecule has 0 saturated carbocycles. The van der Waals surface area contributed by atoms with Crippen LogP contribution in [0.15, 0.2) is 78.9 Å². The maximum Gasteiger partial charge on any atom is 0.182 e. The van der Waals surface area contributed by atoms with Gasteiger partial charge in [0.2, 0.25) is 0 Å². The second kappa shape index (κ2) is 8.09. The summed E-state index contributed by atoms with van der Waals surface area (Å²) in [4.78, 5) is 4.00. The number of rotatable bonds is 5. The highest BCUT2D eigenvalue weighted by atomic mass is 32.2. The number of hydrogen-bond acceptors (Lipinski definition) is 2. The smallest absolute Gasteiger partial charge is 0.182 e. The van der Waals surface area contributed by atoms with Crippen LogP contribution in [-0.4, -0.2) is 13.8 Å². The number of aromatic nitrogens is 2. The van der Waals surface area contributed by atoms with Crippen molar-refractivity contribution in [3.05, 3.63) is 100 Å². The number of benzene rings is 3. The number of nitrogens with zero attached hydrogens (tertiary/aromatic N) is 1. The highest BCUT2D eigenvalue weighted by Crippen LogP contribution is 2.25. The van der Waals surface area contributed by atoms with Crippen molar-refractivity contribution in [1.29, 1.82) is 0 Å². The van der Waals surface area contributed by atoms with Gasteiger partial charge in [-0.2, -0.15) is 0 Å². The number of H-pyrrole nitrogens is 1. The first-order valence-corrected chi connectivity index (χ1v) is 10.7. The second-order valence-electron chi connectivity index (χ2n) is 6.66. The van der Waals surface area contributed by atoms with Gasteiger partial charge in [0.05, 0.1) is 32.5 Å². The molecule has 3 aromatic carbocycles. The molecular formula is C23H20N2OS2. The first kappa shape index (κ1) is 18.6. The molecule has 0 spiro atoms. The summed E-state index contributed by atoms with van der Waals surface area (Å²) in [7, 11) is -1.22. The average Bonchev–Trinajstić information content (AvgIpc) is 3.01. The van der Waals surface area contributed by atoms with Crippen molar-refractivity contribution >= 4 is 45.2 Å². The molecule has 140 valence electrons. The Balaban J connectivity index is 1.83. The normalized spacial score (nSPS) is 13.0. The van der Waals surface area contributed by atoms with Crippen molar-refractivity contribution in [3.8, 4) is 0 Å². The molecule has 1 atom stereocenters. The highest BCUT2D eigenvalue weighted by Gasteiger charge is 2.13. The van der Waals surface area contributed by atoms with Crippen molar-refractivity contribution in [2.45, 2.75) is 12.7 Å². The predicted molar refractivity (Wildman–Crippen MR) is 121 cm³/mol. The van der Waals surface area contributed by atoms with E-state index in [4.69, 9.17) is 12.2 Å². The molecular weight excluding hydrogens is 384 g/mol. The third kappa shape index (κ3) is 3.91. The van der Waals surface area contributed by atoms with Crippen LogP contribution >= 0.6 is 12.2 Å². The first-order valence-electron chi connectivity index (χ1n) is 9.02. The van der Waals surface area contributed by atoms with Crippen molar-refractivity contribution in [1.82, 2.24) is 9.55 Å². The van der Waals surface area contributed by atoms with Gasteiger partial charge in [0.25, 0.3) is 0 Å². The minimum absolute atomic E-state index is 0.455. The van der Waals surface area contributed by atoms with Crippen LogP contribution in [0.1, 0.15) is 16.7 Å². The van der Waals surface area contributed by atoms with Gasteiger partial charge in [-0.15, -0.1) is 0 Å². The Labute approximate surface area is 171 Å². The lowest BCUT2D eigenvalue weighted by Gasteiger charge is -2.09. The largest absolute Gasteiger partial charge is 0.330 e. The van der Waals surface area contributed by atoms with E-state index in [9.17, 15) is 4.21 Å². The molecule has 3 nitrogen and oxygen atoms in total. The van der Waals surface area contributed by atoms with Crippen LogP contribution in [0.2, 0.25) is 0 Å². The van der Waals surface area contributed by atoms with E-state index in [1.807, 2.05) is 84.4 Å². The lowest BCUT2D eigenvalue weighted by molar-refractivity contribution is 0.688. The standard InChI is InChI=1S/C23H20N2OS2/c1-17-12-13-21-20(14-17)24-23(27)25(21)15-22(19-10-6-3-7-11-19)28(26)16-18-8-4-2-5-9-18/h2-15H,16H2,1H3,(H,24,27)/b22-15+/t28-/m0/s1. The van der Waals surface area contributed by atoms with E-state index < -0.39 is 10.8 Å². The summed E-state index contributed by atoms with van der Waals surface area (Å²) in [5, 5.41) is 0. The molecule has 0 unspecified atom stereocenters. The minimum atomic E-state index is -1.22. The summed E-state index contributed by atoms with van der Waals surface area (Å²) in [6.07, 6.45) is 1.91. The predicted octanol–water partition coefficient (Wildman–Crippen LogP) is 5.91. The van der Waals surface area contributed by atoms with Gasteiger partial charge in [-0.3, -0.25) is 8.78 Å². The molecule has 0 bridgehead atoms. The summed E-state index contributed by atoms with van der Waals surface area (Å²) in [5.74, 6) is 0.455. The number of hydrogen-bond donors (Lipinski definition) is 1. The summed E-state index contributed by atoms with van der Waals surface area (Å²) < 4.78 is 15.8. The maximum absolute atomic E-state index is 13.3. The monoisotopic (exact) mass is 404 g/mol. The fourth-order valence-electron chi connectivity index (χ4n) is 3.16. The lowest BCUT2D eigenvalue weighted by atomic mass is 10.2. The zero-order valence-corrected chi connectivity index (χ0v) is 17.1. The third-order valence-corrected chi connectivity index (χ3v) is 6.29. The van der Waals surface area contributed by atoms with Gasteiger partial charge >= 0.3 is 0 Å². The molecule has 5 heteroatoms. The molecule has 4 rings (SSSR count). The molecule has 4 aromatic rings. The van der Waals surface area contributed by atoms with Gasteiger partial charge in [-0.1, -0.05) is 66.7 Å². The van der Waals surface area contributed by atoms with E-state index in [1.165, 1.54) is 0 Å². The molecule has 0 saturated heterocycles. The number of aryl methyl sites for hydroxylation is 1. The number of nitrogens with one attached hydrogen (secondary N) is 1. The Morgan fingerprint density at radius 2 is 1.71 bits per heavy atom. The van der Waals surface area contributed by atoms with E-state index in [0.717, 1.165) is 32.6 Å². The summed E-state index contributed by atoms with van der Waals surface area (Å²) in [6, 6.07) is 25.9. The molecule has 0 amide bonds. The third-order valence-electron chi connectivity index (χ3n) is 4.56. The first-order chi connectivity index (χ1) is 13.6. The van der Waals surface area contributed by atoms with Crippen LogP contribution in [-0.2, 0) is 16.6 Å². The zero-order valence-electron chi connectivity index (χ0n) is 15.5. The topological polar surface area (TPSA) is 37.8 Å². The fourth-order valence-corrected chi connectivity index (χ4v) is 4.69. The van der Waals surface area contributed by atoms with Crippen molar-refractivity contribution in [2.24, 2.45) is 0 Å². The SMILES string of the molecule is Cc1ccc2c(c1)[nH]c(=S)n2/C=C(\c1ccccc1)[S@@](=O)Cc1ccccc1. The van der Waals surface area contributed by atoms with E-state index >= 15 is 0 Å². The molecule has 0 radical (unpaired) electrons. The van der Waals surface area contributed by atoms with E-state index in [-0.39, 0.29) is 0 Å². The molecule has 0 aliphatic carbocycles. The Morgan fingerprint density at radius 3 is 2.43 bits per heavy atom. The molecule has 1 heterocycles. The zero-order chi connectivity index (χ0) is 19.5. The van der Waals surface area contributed by atoms with Crippen molar-refractivity contribution in [2.75, 3.05) is 0 Å². The summed E-state index contributed by atoms with van der Waals surface area (Å²) in [5.41, 5.74) is 5.08. The quantitative estimate of drug-likeness (QED) is 0.420. The molecule has 0 aliphatic rings. The van der Waals surface area contributed by atoms with Crippen LogP contribution in [0.5, 0.6) is 0 Å². The Morgan fingerprint density at radius 1 is 1.04 bits per heavy atom. The van der Waals surface area contributed by atoms with Crippen LogP contribution in [0.3, 0.4) is 0 Å². The van der Waals surface area contributed by atoms with Crippen LogP contribution in [0.25, 0.3) is 22.1 Å². The second-order valence-corrected chi connectivity index (χ2v) is 8.46. The van der Waals surface area contributed by atoms with Gasteiger partial charge < -0.3 is 4.98 Å². The van der Waals surface area contributed by atoms with E-state index in [0.29, 0.717) is 10.5 Å². The van der Waals surface area contributed by atoms with Gasteiger partial charge in [-0.25, -0.2) is 0 Å². The maximum atomic E-state index is 13.3. The van der Waals surface area contributed by atoms with Gasteiger partial charge in [-0.05, 0) is 48.0 Å². The number of imidazole rings is 1. The van der Waals surface area contributed by atoms with Crippen molar-refractivity contribution in [3.63, 3.8) is 0 Å². The van der Waals surface area contributed by atoms with E-state index in [1.54, 1.807) is 0 Å². The van der Waals surface area contributed by atoms with E-state index in [2.05, 4.69) is 17.1 Å². The molecule has 28 heavy (non-hydrogen) atoms. The van der Waals surface area contributed by atoms with Crippen LogP contribution in [0, 0.1) is 11.7 Å². The Bertz CT molecular complexity index is 1220. The lowest BCUT2D eigenvalue weighted by Crippen LogP contribution is -2.01. The van der Waals surface area contributed by atoms with Crippen molar-refractivity contribution < 1.29 is 4.21 Å². The van der Waals surface area contributed by atoms with Crippen LogP contribution < -0.4 is 0 Å². The molecule has 0 aliphatic heterocycles. The number of fused-ring (bicyclic) bond motifs is 1. The summed E-state index contributed by atoms with van der Waals surface area (Å²) >= 11 is 5.54. The Kier molecular flexibility index (Phi) is 5.37. The average molecular weight is 405 g/mol. The molecule has 0 fully saturated rings. The Hall–Kier alpha value is -2.76. The number of aromatic amines is 1. The van der Waals surface area contributed by atoms with Gasteiger partial charge in [0.1, 0.15) is 0 Å². The summed E-state index contributed by atoms with van der Waals surface area (Å²) in [6.45, 7) is 2.05.